The minimum Gasteiger partial charge on any atom is -0.353 e. The van der Waals surface area contributed by atoms with Gasteiger partial charge in [0, 0.05) is 12.1 Å². The van der Waals surface area contributed by atoms with Crippen LogP contribution in [-0.2, 0) is 4.79 Å². The van der Waals surface area contributed by atoms with Crippen LogP contribution >= 0.6 is 0 Å². The molecule has 0 heterocycles. The second kappa shape index (κ2) is 6.61. The zero-order chi connectivity index (χ0) is 15.5. The molecule has 3 nitrogen and oxygen atoms in total. The third kappa shape index (κ3) is 4.31. The van der Waals surface area contributed by atoms with E-state index in [1.165, 1.54) is 12.8 Å². The summed E-state index contributed by atoms with van der Waals surface area (Å²) in [7, 11) is 0. The Morgan fingerprint density at radius 3 is 2.38 bits per heavy atom. The van der Waals surface area contributed by atoms with Crippen molar-refractivity contribution in [3.63, 3.8) is 0 Å². The Balaban J connectivity index is 1.88. The van der Waals surface area contributed by atoms with Crippen LogP contribution in [0, 0.1) is 11.3 Å². The first-order valence-electron chi connectivity index (χ1n) is 8.00. The van der Waals surface area contributed by atoms with Gasteiger partial charge in [-0.25, -0.2) is 0 Å². The lowest BCUT2D eigenvalue weighted by Crippen LogP contribution is -2.43. The average Bonchev–Trinajstić information content (AvgIpc) is 2.48. The Labute approximate surface area is 128 Å². The van der Waals surface area contributed by atoms with Crippen molar-refractivity contribution in [3.8, 4) is 0 Å². The molecule has 1 aromatic carbocycles. The van der Waals surface area contributed by atoms with E-state index in [2.05, 4.69) is 19.2 Å². The van der Waals surface area contributed by atoms with Gasteiger partial charge in [0.2, 0.25) is 5.91 Å². The molecule has 1 fully saturated rings. The average molecular weight is 288 g/mol. The largest absolute Gasteiger partial charge is 0.353 e. The normalized spacial score (nSPS) is 21.5. The van der Waals surface area contributed by atoms with E-state index >= 15 is 0 Å². The maximum absolute atomic E-state index is 12.4. The zero-order valence-electron chi connectivity index (χ0n) is 13.4. The molecule has 0 saturated heterocycles. The highest BCUT2D eigenvalue weighted by Gasteiger charge is 2.29. The lowest BCUT2D eigenvalue weighted by Gasteiger charge is -2.35. The number of carbonyl (C=O) groups excluding carboxylic acids is 1. The molecule has 2 atom stereocenters. The van der Waals surface area contributed by atoms with Crippen LogP contribution in [0.2, 0.25) is 0 Å². The van der Waals surface area contributed by atoms with Crippen molar-refractivity contribution in [3.05, 3.63) is 35.9 Å². The van der Waals surface area contributed by atoms with E-state index in [-0.39, 0.29) is 17.9 Å². The molecular formula is C18H28N2O. The molecule has 0 radical (unpaired) electrons. The predicted molar refractivity (Wildman–Crippen MR) is 86.7 cm³/mol. The van der Waals surface area contributed by atoms with Crippen LogP contribution in [0.15, 0.2) is 30.3 Å². The summed E-state index contributed by atoms with van der Waals surface area (Å²) in [5.74, 6) is -0.126. The van der Waals surface area contributed by atoms with E-state index < -0.39 is 0 Å². The maximum Gasteiger partial charge on any atom is 0.224 e. The van der Waals surface area contributed by atoms with Crippen molar-refractivity contribution in [2.75, 3.05) is 0 Å². The minimum absolute atomic E-state index is 0.0797. The molecule has 1 amide bonds. The van der Waals surface area contributed by atoms with Crippen molar-refractivity contribution >= 4 is 5.91 Å². The monoisotopic (exact) mass is 288 g/mol. The molecule has 2 rings (SSSR count). The quantitative estimate of drug-likeness (QED) is 0.892. The van der Waals surface area contributed by atoms with Gasteiger partial charge in [-0.15, -0.1) is 0 Å². The lowest BCUT2D eigenvalue weighted by molar-refractivity contribution is -0.126. The molecule has 0 aliphatic heterocycles. The first-order chi connectivity index (χ1) is 9.89. The zero-order valence-corrected chi connectivity index (χ0v) is 13.4. The van der Waals surface area contributed by atoms with Crippen molar-refractivity contribution < 1.29 is 4.79 Å². The SMILES string of the molecule is CC(C(=O)NC1CCC(C)(C)CC1)C(N)c1ccccc1. The highest BCUT2D eigenvalue weighted by molar-refractivity contribution is 5.79. The van der Waals surface area contributed by atoms with Crippen LogP contribution in [0.1, 0.15) is 58.1 Å². The fourth-order valence-electron chi connectivity index (χ4n) is 3.00. The van der Waals surface area contributed by atoms with Crippen molar-refractivity contribution in [2.45, 2.75) is 58.5 Å². The van der Waals surface area contributed by atoms with Gasteiger partial charge in [0.05, 0.1) is 5.92 Å². The van der Waals surface area contributed by atoms with Gasteiger partial charge < -0.3 is 11.1 Å². The first-order valence-corrected chi connectivity index (χ1v) is 8.00. The second-order valence-electron chi connectivity index (χ2n) is 7.17. The van der Waals surface area contributed by atoms with Gasteiger partial charge in [-0.3, -0.25) is 4.79 Å². The number of amides is 1. The summed E-state index contributed by atoms with van der Waals surface area (Å²) in [6.07, 6.45) is 4.51. The number of benzene rings is 1. The second-order valence-corrected chi connectivity index (χ2v) is 7.17. The summed E-state index contributed by atoms with van der Waals surface area (Å²) in [4.78, 5) is 12.4. The van der Waals surface area contributed by atoms with Crippen LogP contribution < -0.4 is 11.1 Å². The smallest absolute Gasteiger partial charge is 0.224 e. The minimum atomic E-state index is -0.244. The maximum atomic E-state index is 12.4. The summed E-state index contributed by atoms with van der Waals surface area (Å²) in [5, 5.41) is 3.19. The molecule has 3 heteroatoms. The molecular weight excluding hydrogens is 260 g/mol. The number of rotatable bonds is 4. The molecule has 0 bridgehead atoms. The van der Waals surface area contributed by atoms with Gasteiger partial charge in [-0.2, -0.15) is 0 Å². The predicted octanol–water partition coefficient (Wildman–Crippen LogP) is 3.41. The van der Waals surface area contributed by atoms with E-state index in [1.807, 2.05) is 37.3 Å². The van der Waals surface area contributed by atoms with E-state index in [0.717, 1.165) is 18.4 Å². The summed E-state index contributed by atoms with van der Waals surface area (Å²) in [6, 6.07) is 9.92. The topological polar surface area (TPSA) is 55.1 Å². The number of hydrogen-bond acceptors (Lipinski definition) is 2. The summed E-state index contributed by atoms with van der Waals surface area (Å²) >= 11 is 0. The van der Waals surface area contributed by atoms with Crippen molar-refractivity contribution in [1.29, 1.82) is 0 Å². The van der Waals surface area contributed by atoms with Crippen LogP contribution in [0.5, 0.6) is 0 Å². The molecule has 3 N–H and O–H groups in total. The van der Waals surface area contributed by atoms with E-state index in [9.17, 15) is 4.79 Å². The molecule has 1 aliphatic rings. The molecule has 1 saturated carbocycles. The number of nitrogens with two attached hydrogens (primary N) is 1. The Morgan fingerprint density at radius 1 is 1.24 bits per heavy atom. The fraction of sp³-hybridized carbons (Fsp3) is 0.611. The van der Waals surface area contributed by atoms with Gasteiger partial charge >= 0.3 is 0 Å². The summed E-state index contributed by atoms with van der Waals surface area (Å²) in [5.41, 5.74) is 7.67. The van der Waals surface area contributed by atoms with E-state index in [1.54, 1.807) is 0 Å². The van der Waals surface area contributed by atoms with E-state index in [4.69, 9.17) is 5.73 Å². The van der Waals surface area contributed by atoms with Gasteiger partial charge in [-0.1, -0.05) is 51.1 Å². The third-order valence-corrected chi connectivity index (χ3v) is 4.82. The molecule has 21 heavy (non-hydrogen) atoms. The molecule has 1 aliphatic carbocycles. The fourth-order valence-corrected chi connectivity index (χ4v) is 3.00. The van der Waals surface area contributed by atoms with Crippen LogP contribution in [0.4, 0.5) is 0 Å². The standard InChI is InChI=1S/C18H28N2O/c1-13(16(19)14-7-5-4-6-8-14)17(21)20-15-9-11-18(2,3)12-10-15/h4-8,13,15-16H,9-12,19H2,1-3H3,(H,20,21). The number of carbonyl (C=O) groups is 1. The summed E-state index contributed by atoms with van der Waals surface area (Å²) < 4.78 is 0. The molecule has 0 aromatic heterocycles. The van der Waals surface area contributed by atoms with Crippen molar-refractivity contribution in [1.82, 2.24) is 5.32 Å². The van der Waals surface area contributed by atoms with E-state index in [0.29, 0.717) is 11.5 Å². The highest BCUT2D eigenvalue weighted by atomic mass is 16.1. The Kier molecular flexibility index (Phi) is 5.04. The Hall–Kier alpha value is -1.35. The Morgan fingerprint density at radius 2 is 1.81 bits per heavy atom. The van der Waals surface area contributed by atoms with Gasteiger partial charge in [0.15, 0.2) is 0 Å². The van der Waals surface area contributed by atoms with Gasteiger partial charge in [0.1, 0.15) is 0 Å². The molecule has 1 aromatic rings. The van der Waals surface area contributed by atoms with Crippen molar-refractivity contribution in [2.24, 2.45) is 17.1 Å². The van der Waals surface area contributed by atoms with Crippen LogP contribution in [0.3, 0.4) is 0 Å². The van der Waals surface area contributed by atoms with Crippen LogP contribution in [-0.4, -0.2) is 11.9 Å². The Bertz CT molecular complexity index is 459. The van der Waals surface area contributed by atoms with Gasteiger partial charge in [-0.05, 0) is 36.7 Å². The summed E-state index contributed by atoms with van der Waals surface area (Å²) in [6.45, 7) is 6.53. The highest BCUT2D eigenvalue weighted by Crippen LogP contribution is 2.35. The number of nitrogens with one attached hydrogen (secondary N) is 1. The van der Waals surface area contributed by atoms with Crippen LogP contribution in [0.25, 0.3) is 0 Å². The molecule has 116 valence electrons. The van der Waals surface area contributed by atoms with Gasteiger partial charge in [0.25, 0.3) is 0 Å². The molecule has 2 unspecified atom stereocenters. The number of hydrogen-bond donors (Lipinski definition) is 2. The lowest BCUT2D eigenvalue weighted by atomic mass is 9.75. The first kappa shape index (κ1) is 16.0. The third-order valence-electron chi connectivity index (χ3n) is 4.82. The molecule has 0 spiro atoms.